The van der Waals surface area contributed by atoms with E-state index < -0.39 is 10.2 Å². The van der Waals surface area contributed by atoms with E-state index >= 15 is 0 Å². The van der Waals surface area contributed by atoms with Crippen molar-refractivity contribution in [3.05, 3.63) is 0 Å². The van der Waals surface area contributed by atoms with Crippen LogP contribution in [0, 0.1) is 5.41 Å². The highest BCUT2D eigenvalue weighted by Gasteiger charge is 2.27. The smallest absolute Gasteiger partial charge is 0.202 e. The second-order valence-corrected chi connectivity index (χ2v) is 6.48. The highest BCUT2D eigenvalue weighted by atomic mass is 79.9. The monoisotopic (exact) mass is 300 g/mol. The topological polar surface area (TPSA) is 49.4 Å². The molecule has 6 heteroatoms. The Morgan fingerprint density at radius 3 is 2.00 bits per heavy atom. The van der Waals surface area contributed by atoms with E-state index in [2.05, 4.69) is 34.5 Å². The summed E-state index contributed by atoms with van der Waals surface area (Å²) in [6.07, 6.45) is 1.90. The van der Waals surface area contributed by atoms with Crippen LogP contribution in [0.15, 0.2) is 0 Å². The van der Waals surface area contributed by atoms with Crippen molar-refractivity contribution in [3.8, 4) is 0 Å². The molecule has 0 aromatic carbocycles. The zero-order valence-corrected chi connectivity index (χ0v) is 12.3. The quantitative estimate of drug-likeness (QED) is 0.726. The Morgan fingerprint density at radius 1 is 1.27 bits per heavy atom. The summed E-state index contributed by atoms with van der Waals surface area (Å²) in [6, 6.07) is 0. The highest BCUT2D eigenvalue weighted by molar-refractivity contribution is 9.09. The Kier molecular flexibility index (Phi) is 6.32. The first-order chi connectivity index (χ1) is 6.83. The maximum absolute atomic E-state index is 11.5. The van der Waals surface area contributed by atoms with E-state index in [9.17, 15) is 8.42 Å². The summed E-state index contributed by atoms with van der Waals surface area (Å²) >= 11 is 3.45. The number of rotatable bonds is 7. The van der Waals surface area contributed by atoms with Crippen LogP contribution in [0.4, 0.5) is 0 Å². The van der Waals surface area contributed by atoms with Crippen molar-refractivity contribution in [1.29, 1.82) is 0 Å². The largest absolute Gasteiger partial charge is 0.278 e. The van der Waals surface area contributed by atoms with Crippen LogP contribution in [0.5, 0.6) is 0 Å². The lowest BCUT2D eigenvalue weighted by molar-refractivity contribution is 0.307. The molecule has 0 amide bonds. The van der Waals surface area contributed by atoms with E-state index in [-0.39, 0.29) is 5.41 Å². The fourth-order valence-electron chi connectivity index (χ4n) is 1.11. The zero-order valence-electron chi connectivity index (χ0n) is 9.88. The van der Waals surface area contributed by atoms with Crippen LogP contribution < -0.4 is 4.72 Å². The number of nitrogens with zero attached hydrogens (tertiary/aromatic N) is 1. The van der Waals surface area contributed by atoms with E-state index in [1.54, 1.807) is 0 Å². The first-order valence-electron chi connectivity index (χ1n) is 5.06. The van der Waals surface area contributed by atoms with Gasteiger partial charge in [0.25, 0.3) is 10.2 Å². The van der Waals surface area contributed by atoms with Crippen LogP contribution in [0.3, 0.4) is 0 Å². The molecule has 0 aliphatic heterocycles. The third-order valence-corrected chi connectivity index (χ3v) is 5.55. The van der Waals surface area contributed by atoms with E-state index in [0.29, 0.717) is 6.54 Å². The fourth-order valence-corrected chi connectivity index (χ4v) is 2.85. The van der Waals surface area contributed by atoms with E-state index in [4.69, 9.17) is 0 Å². The molecule has 0 aromatic heterocycles. The van der Waals surface area contributed by atoms with Crippen molar-refractivity contribution in [3.63, 3.8) is 0 Å². The molecule has 0 bridgehead atoms. The van der Waals surface area contributed by atoms with E-state index in [0.717, 1.165) is 18.2 Å². The van der Waals surface area contributed by atoms with Crippen molar-refractivity contribution in [2.24, 2.45) is 5.41 Å². The molecule has 0 aliphatic rings. The maximum Gasteiger partial charge on any atom is 0.278 e. The van der Waals surface area contributed by atoms with Crippen molar-refractivity contribution in [2.75, 3.05) is 26.0 Å². The molecule has 0 spiro atoms. The molecule has 92 valence electrons. The Hall–Kier alpha value is 0.350. The lowest BCUT2D eigenvalue weighted by Crippen LogP contribution is -2.43. The molecule has 0 fully saturated rings. The molecule has 0 heterocycles. The minimum atomic E-state index is -3.30. The maximum atomic E-state index is 11.5. The average molecular weight is 301 g/mol. The second-order valence-electron chi connectivity index (χ2n) is 3.95. The first-order valence-corrected chi connectivity index (χ1v) is 7.63. The van der Waals surface area contributed by atoms with Gasteiger partial charge in [-0.25, -0.2) is 4.72 Å². The molecule has 4 nitrogen and oxygen atoms in total. The van der Waals surface area contributed by atoms with Crippen LogP contribution in [0.1, 0.15) is 26.7 Å². The van der Waals surface area contributed by atoms with Gasteiger partial charge < -0.3 is 0 Å². The van der Waals surface area contributed by atoms with Crippen LogP contribution in [-0.2, 0) is 10.2 Å². The molecule has 0 atom stereocenters. The molecule has 0 rings (SSSR count). The standard InChI is InChI=1S/C9H21BrN2O2S/c1-5-9(6-2,7-10)8-11-15(13,14)12(3)4/h11H,5-8H2,1-4H3. The molecule has 0 saturated heterocycles. The van der Waals surface area contributed by atoms with Gasteiger partial charge in [0.2, 0.25) is 0 Å². The van der Waals surface area contributed by atoms with Gasteiger partial charge in [-0.2, -0.15) is 12.7 Å². The first kappa shape index (κ1) is 15.3. The number of halogens is 1. The summed E-state index contributed by atoms with van der Waals surface area (Å²) in [5.74, 6) is 0. The molecule has 15 heavy (non-hydrogen) atoms. The van der Waals surface area contributed by atoms with Gasteiger partial charge >= 0.3 is 0 Å². The molecule has 0 aromatic rings. The van der Waals surface area contributed by atoms with E-state index in [1.807, 2.05) is 0 Å². The summed E-state index contributed by atoms with van der Waals surface area (Å²) in [5, 5.41) is 0.808. The lowest BCUT2D eigenvalue weighted by Gasteiger charge is -2.30. The summed E-state index contributed by atoms with van der Waals surface area (Å²) in [5.41, 5.74) is 0.0169. The Labute approximate surface area is 102 Å². The number of hydrogen-bond acceptors (Lipinski definition) is 2. The minimum Gasteiger partial charge on any atom is -0.202 e. The van der Waals surface area contributed by atoms with Gasteiger partial charge in [0.1, 0.15) is 0 Å². The Bertz CT molecular complexity index is 266. The summed E-state index contributed by atoms with van der Waals surface area (Å²) in [7, 11) is -0.251. The highest BCUT2D eigenvalue weighted by Crippen LogP contribution is 2.27. The number of hydrogen-bond donors (Lipinski definition) is 1. The predicted molar refractivity (Wildman–Crippen MR) is 67.4 cm³/mol. The predicted octanol–water partition coefficient (Wildman–Crippen LogP) is 1.58. The third kappa shape index (κ3) is 4.38. The van der Waals surface area contributed by atoms with Gasteiger partial charge in [-0.3, -0.25) is 0 Å². The average Bonchev–Trinajstić information content (AvgIpc) is 2.20. The van der Waals surface area contributed by atoms with Crippen molar-refractivity contribution >= 4 is 26.1 Å². The van der Waals surface area contributed by atoms with Crippen LogP contribution in [-0.4, -0.2) is 38.7 Å². The van der Waals surface area contributed by atoms with Gasteiger partial charge in [0.05, 0.1) is 0 Å². The minimum absolute atomic E-state index is 0.0169. The van der Waals surface area contributed by atoms with Gasteiger partial charge in [-0.05, 0) is 18.3 Å². The van der Waals surface area contributed by atoms with Crippen LogP contribution in [0.2, 0.25) is 0 Å². The molecular weight excluding hydrogens is 280 g/mol. The van der Waals surface area contributed by atoms with Gasteiger partial charge in [-0.15, -0.1) is 0 Å². The molecule has 0 aliphatic carbocycles. The Morgan fingerprint density at radius 2 is 1.73 bits per heavy atom. The lowest BCUT2D eigenvalue weighted by atomic mass is 9.85. The van der Waals surface area contributed by atoms with Gasteiger partial charge in [0, 0.05) is 26.0 Å². The molecule has 1 N–H and O–H groups in total. The van der Waals surface area contributed by atoms with Crippen LogP contribution >= 0.6 is 15.9 Å². The Balaban J connectivity index is 4.48. The van der Waals surface area contributed by atoms with Crippen molar-refractivity contribution < 1.29 is 8.42 Å². The summed E-state index contributed by atoms with van der Waals surface area (Å²) in [4.78, 5) is 0. The van der Waals surface area contributed by atoms with Gasteiger partial charge in [-0.1, -0.05) is 29.8 Å². The number of alkyl halides is 1. The van der Waals surface area contributed by atoms with Crippen molar-refractivity contribution in [2.45, 2.75) is 26.7 Å². The number of nitrogens with one attached hydrogen (secondary N) is 1. The third-order valence-electron chi connectivity index (χ3n) is 2.89. The fraction of sp³-hybridized carbons (Fsp3) is 1.00. The molecule has 0 saturated carbocycles. The molecule has 0 radical (unpaired) electrons. The molecule has 0 unspecified atom stereocenters. The normalized spacial score (nSPS) is 13.5. The van der Waals surface area contributed by atoms with Crippen LogP contribution in [0.25, 0.3) is 0 Å². The zero-order chi connectivity index (χ0) is 12.1. The second kappa shape index (κ2) is 6.18. The van der Waals surface area contributed by atoms with Crippen molar-refractivity contribution in [1.82, 2.24) is 9.03 Å². The SMILES string of the molecule is CCC(CC)(CBr)CNS(=O)(=O)N(C)C. The molecular formula is C9H21BrN2O2S. The van der Waals surface area contributed by atoms with E-state index in [1.165, 1.54) is 18.4 Å². The van der Waals surface area contributed by atoms with Gasteiger partial charge in [0.15, 0.2) is 0 Å². The summed E-state index contributed by atoms with van der Waals surface area (Å²) < 4.78 is 26.9. The summed E-state index contributed by atoms with van der Waals surface area (Å²) in [6.45, 7) is 4.63.